The second kappa shape index (κ2) is 8.99. The van der Waals surface area contributed by atoms with Crippen LogP contribution in [0.4, 0.5) is 5.69 Å². The van der Waals surface area contributed by atoms with Crippen LogP contribution in [0.15, 0.2) is 30.6 Å². The van der Waals surface area contributed by atoms with Crippen LogP contribution in [0.3, 0.4) is 0 Å². The number of allylic oxidation sites excluding steroid dienone is 1. The topological polar surface area (TPSA) is 66.3 Å². The maximum absolute atomic E-state index is 11.6. The molecule has 2 aromatic rings. The van der Waals surface area contributed by atoms with E-state index in [0.717, 1.165) is 59.7 Å². The summed E-state index contributed by atoms with van der Waals surface area (Å²) in [6.45, 7) is 12.6. The molecule has 0 saturated carbocycles. The average molecular weight is 408 g/mol. The standard InChI is InChI=1S/C25H33N3O2/c1-17(2)6-8-20-9-7-19(15-27-20)22-16-26-18(3)21(14-23(29)30)24(22)28-12-10-25(4,5)11-13-28/h6-9,15-17H,10-14H2,1-5H3,(H,29,30)/b8-6-. The number of pyridine rings is 2. The fraction of sp³-hybridized carbons (Fsp3) is 0.480. The van der Waals surface area contributed by atoms with Crippen molar-refractivity contribution in [2.45, 2.75) is 53.9 Å². The first-order valence-electron chi connectivity index (χ1n) is 10.8. The van der Waals surface area contributed by atoms with Crippen LogP contribution in [0.5, 0.6) is 0 Å². The van der Waals surface area contributed by atoms with Gasteiger partial charge in [0.05, 0.1) is 17.8 Å². The Morgan fingerprint density at radius 2 is 1.90 bits per heavy atom. The maximum atomic E-state index is 11.6. The summed E-state index contributed by atoms with van der Waals surface area (Å²) in [6.07, 6.45) is 10.0. The third-order valence-electron chi connectivity index (χ3n) is 5.88. The quantitative estimate of drug-likeness (QED) is 0.697. The number of nitrogens with zero attached hydrogens (tertiary/aromatic N) is 3. The molecule has 160 valence electrons. The molecule has 1 N–H and O–H groups in total. The van der Waals surface area contributed by atoms with Gasteiger partial charge in [0.25, 0.3) is 0 Å². The van der Waals surface area contributed by atoms with Gasteiger partial charge in [-0.25, -0.2) is 0 Å². The van der Waals surface area contributed by atoms with Crippen LogP contribution in [-0.2, 0) is 11.2 Å². The van der Waals surface area contributed by atoms with Gasteiger partial charge in [0.1, 0.15) is 0 Å². The summed E-state index contributed by atoms with van der Waals surface area (Å²) < 4.78 is 0. The monoisotopic (exact) mass is 407 g/mol. The number of hydrogen-bond donors (Lipinski definition) is 1. The molecule has 3 rings (SSSR count). The zero-order valence-corrected chi connectivity index (χ0v) is 18.8. The van der Waals surface area contributed by atoms with E-state index >= 15 is 0 Å². The first-order chi connectivity index (χ1) is 14.2. The van der Waals surface area contributed by atoms with Crippen LogP contribution in [-0.4, -0.2) is 34.1 Å². The highest BCUT2D eigenvalue weighted by Gasteiger charge is 2.29. The van der Waals surface area contributed by atoms with Gasteiger partial charge in [0.2, 0.25) is 0 Å². The fourth-order valence-electron chi connectivity index (χ4n) is 3.86. The highest BCUT2D eigenvalue weighted by molar-refractivity contribution is 5.84. The number of aryl methyl sites for hydroxylation is 1. The number of piperidine rings is 1. The molecule has 0 amide bonds. The van der Waals surface area contributed by atoms with Crippen molar-refractivity contribution in [3.8, 4) is 11.1 Å². The lowest BCUT2D eigenvalue weighted by Gasteiger charge is -2.40. The average Bonchev–Trinajstić information content (AvgIpc) is 2.68. The Morgan fingerprint density at radius 1 is 1.20 bits per heavy atom. The van der Waals surface area contributed by atoms with Gasteiger partial charge in [-0.1, -0.05) is 39.8 Å². The van der Waals surface area contributed by atoms with E-state index in [4.69, 9.17) is 0 Å². The van der Waals surface area contributed by atoms with Crippen LogP contribution in [0.1, 0.15) is 57.5 Å². The van der Waals surface area contributed by atoms with E-state index in [0.29, 0.717) is 11.3 Å². The molecule has 0 radical (unpaired) electrons. The first kappa shape index (κ1) is 22.0. The highest BCUT2D eigenvalue weighted by Crippen LogP contribution is 2.39. The molecule has 0 aliphatic carbocycles. The molecule has 5 nitrogen and oxygen atoms in total. The molecule has 0 atom stereocenters. The number of rotatable bonds is 6. The predicted molar refractivity (Wildman–Crippen MR) is 123 cm³/mol. The van der Waals surface area contributed by atoms with E-state index < -0.39 is 5.97 Å². The Balaban J connectivity index is 2.04. The van der Waals surface area contributed by atoms with Crippen molar-refractivity contribution in [1.82, 2.24) is 9.97 Å². The van der Waals surface area contributed by atoms with Crippen LogP contribution in [0.25, 0.3) is 17.2 Å². The largest absolute Gasteiger partial charge is 0.481 e. The summed E-state index contributed by atoms with van der Waals surface area (Å²) in [4.78, 5) is 23.1. The normalized spacial score (nSPS) is 16.4. The Hall–Kier alpha value is -2.69. The third-order valence-corrected chi connectivity index (χ3v) is 5.88. The van der Waals surface area contributed by atoms with Crippen LogP contribution in [0, 0.1) is 18.3 Å². The number of aromatic nitrogens is 2. The van der Waals surface area contributed by atoms with Gasteiger partial charge in [-0.05, 0) is 43.2 Å². The fourth-order valence-corrected chi connectivity index (χ4v) is 3.86. The summed E-state index contributed by atoms with van der Waals surface area (Å²) in [5, 5.41) is 9.53. The lowest BCUT2D eigenvalue weighted by molar-refractivity contribution is -0.136. The number of aliphatic carboxylic acids is 1. The minimum atomic E-state index is -0.831. The summed E-state index contributed by atoms with van der Waals surface area (Å²) in [6, 6.07) is 4.06. The first-order valence-corrected chi connectivity index (χ1v) is 10.8. The number of anilines is 1. The van der Waals surface area contributed by atoms with Crippen molar-refractivity contribution in [3.05, 3.63) is 47.6 Å². The van der Waals surface area contributed by atoms with E-state index in [1.165, 1.54) is 0 Å². The molecular formula is C25H33N3O2. The van der Waals surface area contributed by atoms with Crippen LogP contribution in [0.2, 0.25) is 0 Å². The summed E-state index contributed by atoms with van der Waals surface area (Å²) in [7, 11) is 0. The van der Waals surface area contributed by atoms with Gasteiger partial charge in [-0.15, -0.1) is 0 Å². The Morgan fingerprint density at radius 3 is 2.47 bits per heavy atom. The molecule has 3 heterocycles. The Bertz CT molecular complexity index is 920. The van der Waals surface area contributed by atoms with Crippen molar-refractivity contribution in [2.75, 3.05) is 18.0 Å². The minimum Gasteiger partial charge on any atom is -0.481 e. The Labute approximate surface area is 179 Å². The number of hydrogen-bond acceptors (Lipinski definition) is 4. The Kier molecular flexibility index (Phi) is 6.59. The van der Waals surface area contributed by atoms with E-state index in [-0.39, 0.29) is 6.42 Å². The van der Waals surface area contributed by atoms with Crippen molar-refractivity contribution in [2.24, 2.45) is 11.3 Å². The molecule has 0 spiro atoms. The maximum Gasteiger partial charge on any atom is 0.307 e. The van der Waals surface area contributed by atoms with Crippen molar-refractivity contribution >= 4 is 17.7 Å². The molecule has 2 aromatic heterocycles. The van der Waals surface area contributed by atoms with Gasteiger partial charge < -0.3 is 10.0 Å². The molecule has 1 saturated heterocycles. The second-order valence-corrected chi connectivity index (χ2v) is 9.38. The van der Waals surface area contributed by atoms with E-state index in [1.54, 1.807) is 0 Å². The zero-order valence-electron chi connectivity index (χ0n) is 18.8. The SMILES string of the molecule is Cc1ncc(-c2ccc(/C=C\C(C)C)nc2)c(N2CCC(C)(C)CC2)c1CC(=O)O. The molecule has 1 aliphatic heterocycles. The molecule has 0 aromatic carbocycles. The van der Waals surface area contributed by atoms with Crippen molar-refractivity contribution in [3.63, 3.8) is 0 Å². The van der Waals surface area contributed by atoms with Gasteiger partial charge in [-0.3, -0.25) is 14.8 Å². The lowest BCUT2D eigenvalue weighted by atomic mass is 9.82. The molecular weight excluding hydrogens is 374 g/mol. The molecule has 1 fully saturated rings. The van der Waals surface area contributed by atoms with Crippen molar-refractivity contribution in [1.29, 1.82) is 0 Å². The van der Waals surface area contributed by atoms with E-state index in [1.807, 2.05) is 31.5 Å². The molecule has 30 heavy (non-hydrogen) atoms. The van der Waals surface area contributed by atoms with Crippen LogP contribution < -0.4 is 4.90 Å². The van der Waals surface area contributed by atoms with Crippen molar-refractivity contribution < 1.29 is 9.90 Å². The van der Waals surface area contributed by atoms with Gasteiger partial charge in [0, 0.05) is 47.9 Å². The number of carbonyl (C=O) groups is 1. The predicted octanol–water partition coefficient (Wildman–Crippen LogP) is 5.37. The van der Waals surface area contributed by atoms with Gasteiger partial charge in [0.15, 0.2) is 0 Å². The lowest BCUT2D eigenvalue weighted by Crippen LogP contribution is -2.38. The van der Waals surface area contributed by atoms with Gasteiger partial charge in [-0.2, -0.15) is 0 Å². The van der Waals surface area contributed by atoms with E-state index in [2.05, 4.69) is 54.7 Å². The minimum absolute atomic E-state index is 0.0233. The smallest absolute Gasteiger partial charge is 0.307 e. The highest BCUT2D eigenvalue weighted by atomic mass is 16.4. The second-order valence-electron chi connectivity index (χ2n) is 9.38. The third kappa shape index (κ3) is 5.26. The molecule has 5 heteroatoms. The van der Waals surface area contributed by atoms with Gasteiger partial charge >= 0.3 is 5.97 Å². The number of carboxylic acids is 1. The summed E-state index contributed by atoms with van der Waals surface area (Å²) >= 11 is 0. The molecule has 0 unspecified atom stereocenters. The summed E-state index contributed by atoms with van der Waals surface area (Å²) in [5.41, 5.74) is 5.76. The zero-order chi connectivity index (χ0) is 21.9. The number of carboxylic acid groups (broad SMARTS) is 1. The van der Waals surface area contributed by atoms with E-state index in [9.17, 15) is 9.90 Å². The molecule has 1 aliphatic rings. The van der Waals surface area contributed by atoms with Crippen LogP contribution >= 0.6 is 0 Å². The molecule has 0 bridgehead atoms. The summed E-state index contributed by atoms with van der Waals surface area (Å²) in [5.74, 6) is -0.357.